The van der Waals surface area contributed by atoms with E-state index in [2.05, 4.69) is 0 Å². The quantitative estimate of drug-likeness (QED) is 0.381. The average Bonchev–Trinajstić information content (AvgIpc) is 2.15. The molecule has 0 aromatic heterocycles. The molecule has 0 saturated carbocycles. The van der Waals surface area contributed by atoms with Crippen LogP contribution in [0.1, 0.15) is 13.8 Å². The summed E-state index contributed by atoms with van der Waals surface area (Å²) in [6, 6.07) is 5.60. The predicted molar refractivity (Wildman–Crippen MR) is 65.6 cm³/mol. The van der Waals surface area contributed by atoms with Crippen LogP contribution in [0.5, 0.6) is 0 Å². The van der Waals surface area contributed by atoms with Gasteiger partial charge in [-0.15, -0.1) is 0 Å². The molecule has 0 unspecified atom stereocenters. The maximum atomic E-state index is 11.7. The van der Waals surface area contributed by atoms with Crippen LogP contribution in [-0.2, 0) is 14.8 Å². The van der Waals surface area contributed by atoms with E-state index >= 15 is 0 Å². The molecule has 3 N–H and O–H groups in total. The first-order chi connectivity index (χ1) is 7.81. The summed E-state index contributed by atoms with van der Waals surface area (Å²) in [5, 5.41) is 0. The summed E-state index contributed by atoms with van der Waals surface area (Å²) in [6.07, 6.45) is 1.22. The zero-order valence-corrected chi connectivity index (χ0v) is 13.4. The number of rotatable bonds is 3. The smallest absolute Gasteiger partial charge is 0.399 e. The molecular formula is C11H14N2NaO3S+. The Hall–Kier alpha value is -0.820. The van der Waals surface area contributed by atoms with E-state index < -0.39 is 15.9 Å². The van der Waals surface area contributed by atoms with Gasteiger partial charge in [0.25, 0.3) is 15.9 Å². The maximum absolute atomic E-state index is 11.7. The van der Waals surface area contributed by atoms with Crippen molar-refractivity contribution in [2.45, 2.75) is 18.7 Å². The minimum absolute atomic E-state index is 0. The summed E-state index contributed by atoms with van der Waals surface area (Å²) in [5.74, 6) is -0.665. The summed E-state index contributed by atoms with van der Waals surface area (Å²) < 4.78 is 25.4. The molecule has 5 nitrogen and oxygen atoms in total. The van der Waals surface area contributed by atoms with Crippen molar-refractivity contribution in [3.63, 3.8) is 0 Å². The van der Waals surface area contributed by atoms with Crippen molar-refractivity contribution in [1.82, 2.24) is 4.72 Å². The summed E-state index contributed by atoms with van der Waals surface area (Å²) in [7, 11) is -3.82. The first-order valence-corrected chi connectivity index (χ1v) is 6.37. The number of carbonyl (C=O) groups excluding carboxylic acids is 1. The molecule has 1 rings (SSSR count). The van der Waals surface area contributed by atoms with Gasteiger partial charge in [-0.1, -0.05) is 5.57 Å². The van der Waals surface area contributed by atoms with Crippen molar-refractivity contribution in [1.29, 1.82) is 0 Å². The summed E-state index contributed by atoms with van der Waals surface area (Å²) >= 11 is 0. The van der Waals surface area contributed by atoms with Crippen molar-refractivity contribution in [2.24, 2.45) is 0 Å². The van der Waals surface area contributed by atoms with Crippen molar-refractivity contribution >= 4 is 21.6 Å². The number of carbonyl (C=O) groups is 1. The predicted octanol–water partition coefficient (Wildman–Crippen LogP) is -1.96. The Bertz CT molecular complexity index is 546. The molecule has 7 heteroatoms. The fraction of sp³-hybridized carbons (Fsp3) is 0.182. The van der Waals surface area contributed by atoms with Gasteiger partial charge in [0.1, 0.15) is 0 Å². The van der Waals surface area contributed by atoms with Gasteiger partial charge in [0.05, 0.1) is 4.90 Å². The number of nitrogens with one attached hydrogen (secondary N) is 1. The fourth-order valence-corrected chi connectivity index (χ4v) is 2.07. The minimum atomic E-state index is -3.82. The largest absolute Gasteiger partial charge is 1.00 e. The number of allylic oxidation sites excluding steroid dienone is 1. The number of hydrogen-bond donors (Lipinski definition) is 2. The second-order valence-corrected chi connectivity index (χ2v) is 5.44. The van der Waals surface area contributed by atoms with E-state index in [0.717, 1.165) is 5.57 Å². The SMILES string of the molecule is CC(C)=CC(=O)NS(=O)(=O)c1ccc(N)cc1.[Na+]. The Morgan fingerprint density at radius 3 is 2.17 bits per heavy atom. The summed E-state index contributed by atoms with van der Waals surface area (Å²) in [5.41, 5.74) is 6.62. The molecule has 0 heterocycles. The molecule has 0 fully saturated rings. The van der Waals surface area contributed by atoms with Crippen LogP contribution in [0, 0.1) is 0 Å². The molecule has 0 saturated heterocycles. The standard InChI is InChI=1S/C11H14N2O3S.Na/c1-8(2)7-11(14)13-17(15,16)10-5-3-9(12)4-6-10;/h3-7H,12H2,1-2H3,(H,13,14);/q;+1. The van der Waals surface area contributed by atoms with Gasteiger partial charge in [-0.05, 0) is 38.1 Å². The molecule has 1 aromatic carbocycles. The number of hydrogen-bond acceptors (Lipinski definition) is 4. The van der Waals surface area contributed by atoms with Gasteiger partial charge >= 0.3 is 29.6 Å². The van der Waals surface area contributed by atoms with E-state index in [1.807, 2.05) is 4.72 Å². The molecule has 0 aliphatic heterocycles. The van der Waals surface area contributed by atoms with Crippen molar-refractivity contribution in [3.8, 4) is 0 Å². The molecule has 1 amide bonds. The van der Waals surface area contributed by atoms with Crippen LogP contribution >= 0.6 is 0 Å². The van der Waals surface area contributed by atoms with E-state index in [0.29, 0.717) is 5.69 Å². The number of sulfonamides is 1. The van der Waals surface area contributed by atoms with Crippen molar-refractivity contribution < 1.29 is 42.8 Å². The molecule has 0 atom stereocenters. The van der Waals surface area contributed by atoms with Crippen molar-refractivity contribution in [3.05, 3.63) is 35.9 Å². The second kappa shape index (κ2) is 6.94. The third-order valence-electron chi connectivity index (χ3n) is 1.85. The molecule has 0 spiro atoms. The average molecular weight is 277 g/mol. The van der Waals surface area contributed by atoms with Gasteiger partial charge in [-0.3, -0.25) is 4.79 Å². The number of anilines is 1. The minimum Gasteiger partial charge on any atom is -0.399 e. The van der Waals surface area contributed by atoms with E-state index in [1.165, 1.54) is 30.3 Å². The van der Waals surface area contributed by atoms with Crippen LogP contribution in [0.3, 0.4) is 0 Å². The first-order valence-electron chi connectivity index (χ1n) is 4.88. The first kappa shape index (κ1) is 17.2. The Kier molecular flexibility index (Phi) is 6.62. The number of nitrogens with two attached hydrogens (primary N) is 1. The second-order valence-electron chi connectivity index (χ2n) is 3.76. The molecule has 0 radical (unpaired) electrons. The molecule has 0 aliphatic rings. The van der Waals surface area contributed by atoms with Gasteiger partial charge in [-0.25, -0.2) is 13.1 Å². The molecular weight excluding hydrogens is 263 g/mol. The van der Waals surface area contributed by atoms with Gasteiger partial charge < -0.3 is 5.73 Å². The van der Waals surface area contributed by atoms with Crippen LogP contribution in [0.25, 0.3) is 0 Å². The van der Waals surface area contributed by atoms with Crippen LogP contribution in [0.15, 0.2) is 40.8 Å². The number of amides is 1. The van der Waals surface area contributed by atoms with Gasteiger partial charge in [-0.2, -0.15) is 0 Å². The zero-order chi connectivity index (χ0) is 13.1. The Morgan fingerprint density at radius 2 is 1.72 bits per heavy atom. The monoisotopic (exact) mass is 277 g/mol. The number of benzene rings is 1. The Balaban J connectivity index is 0.00000289. The maximum Gasteiger partial charge on any atom is 1.00 e. The third kappa shape index (κ3) is 5.22. The molecule has 92 valence electrons. The normalized spacial score (nSPS) is 10.1. The van der Waals surface area contributed by atoms with E-state index in [1.54, 1.807) is 13.8 Å². The molecule has 0 aliphatic carbocycles. The zero-order valence-electron chi connectivity index (χ0n) is 10.6. The van der Waals surface area contributed by atoms with Crippen molar-refractivity contribution in [2.75, 3.05) is 5.73 Å². The van der Waals surface area contributed by atoms with Crippen LogP contribution in [0.2, 0.25) is 0 Å². The topological polar surface area (TPSA) is 89.3 Å². The molecule has 18 heavy (non-hydrogen) atoms. The van der Waals surface area contributed by atoms with Crippen LogP contribution < -0.4 is 40.0 Å². The van der Waals surface area contributed by atoms with Gasteiger partial charge in [0.15, 0.2) is 0 Å². The number of nitrogen functional groups attached to an aromatic ring is 1. The van der Waals surface area contributed by atoms with Crippen LogP contribution in [-0.4, -0.2) is 14.3 Å². The van der Waals surface area contributed by atoms with E-state index in [-0.39, 0.29) is 34.5 Å². The van der Waals surface area contributed by atoms with E-state index in [9.17, 15) is 13.2 Å². The molecule has 1 aromatic rings. The summed E-state index contributed by atoms with van der Waals surface area (Å²) in [4.78, 5) is 11.3. The fourth-order valence-electron chi connectivity index (χ4n) is 1.13. The Morgan fingerprint density at radius 1 is 1.22 bits per heavy atom. The van der Waals surface area contributed by atoms with E-state index in [4.69, 9.17) is 5.73 Å². The van der Waals surface area contributed by atoms with Crippen LogP contribution in [0.4, 0.5) is 5.69 Å². The van der Waals surface area contributed by atoms with Gasteiger partial charge in [0.2, 0.25) is 0 Å². The Labute approximate surface area is 129 Å². The van der Waals surface area contributed by atoms with Gasteiger partial charge in [0, 0.05) is 11.8 Å². The third-order valence-corrected chi connectivity index (χ3v) is 3.21. The molecule has 0 bridgehead atoms. The summed E-state index contributed by atoms with van der Waals surface area (Å²) in [6.45, 7) is 3.41.